The van der Waals surface area contributed by atoms with Crippen LogP contribution in [0.5, 0.6) is 0 Å². The van der Waals surface area contributed by atoms with Crippen molar-refractivity contribution in [3.63, 3.8) is 0 Å². The molecule has 1 saturated carbocycles. The molecule has 1 fully saturated rings. The van der Waals surface area contributed by atoms with E-state index in [0.717, 1.165) is 0 Å². The van der Waals surface area contributed by atoms with Crippen molar-refractivity contribution in [2.75, 3.05) is 0 Å². The van der Waals surface area contributed by atoms with Crippen molar-refractivity contribution in [3.05, 3.63) is 11.8 Å². The van der Waals surface area contributed by atoms with E-state index in [4.69, 9.17) is 15.1 Å². The zero-order valence-corrected chi connectivity index (χ0v) is 10.0. The van der Waals surface area contributed by atoms with Crippen LogP contribution in [-0.2, 0) is 9.53 Å². The number of ether oxygens (including phenoxy) is 1. The van der Waals surface area contributed by atoms with Gasteiger partial charge in [-0.25, -0.2) is 0 Å². The van der Waals surface area contributed by atoms with Gasteiger partial charge in [-0.15, -0.1) is 0 Å². The van der Waals surface area contributed by atoms with E-state index < -0.39 is 11.9 Å². The minimum atomic E-state index is -0.812. The average molecular weight is 223 g/mol. The summed E-state index contributed by atoms with van der Waals surface area (Å²) in [6.07, 6.45) is 1.56. The van der Waals surface area contributed by atoms with Crippen molar-refractivity contribution in [2.45, 2.75) is 33.8 Å². The molecule has 1 aliphatic carbocycles. The Hall–Kier alpha value is -1.50. The van der Waals surface area contributed by atoms with E-state index in [1.54, 1.807) is 6.08 Å². The maximum absolute atomic E-state index is 10.9. The van der Waals surface area contributed by atoms with Gasteiger partial charge in [-0.05, 0) is 25.3 Å². The molecule has 1 N–H and O–H groups in total. The second kappa shape index (κ2) is 4.17. The third-order valence-corrected chi connectivity index (χ3v) is 2.98. The molecule has 1 aliphatic rings. The lowest BCUT2D eigenvalue weighted by Gasteiger charge is -2.07. The molecule has 0 aliphatic heterocycles. The highest BCUT2D eigenvalue weighted by atomic mass is 16.5. The van der Waals surface area contributed by atoms with Crippen LogP contribution in [0.3, 0.4) is 0 Å². The first-order chi connectivity index (χ1) is 7.30. The molecule has 0 aromatic carbocycles. The Labute approximate surface area is 95.5 Å². The molecule has 1 unspecified atom stereocenters. The van der Waals surface area contributed by atoms with Gasteiger partial charge in [0.25, 0.3) is 0 Å². The van der Waals surface area contributed by atoms with Gasteiger partial charge in [-0.1, -0.05) is 13.8 Å². The Morgan fingerprint density at radius 1 is 1.56 bits per heavy atom. The predicted molar refractivity (Wildman–Crippen MR) is 58.3 cm³/mol. The van der Waals surface area contributed by atoms with Gasteiger partial charge in [0.05, 0.1) is 12.0 Å². The lowest BCUT2D eigenvalue weighted by molar-refractivity contribution is -0.139. The van der Waals surface area contributed by atoms with E-state index in [1.165, 1.54) is 0 Å². The zero-order chi connectivity index (χ0) is 12.5. The summed E-state index contributed by atoms with van der Waals surface area (Å²) in [5.41, 5.74) is -0.283. The minimum Gasteiger partial charge on any atom is -0.481 e. The van der Waals surface area contributed by atoms with Crippen LogP contribution < -0.4 is 0 Å². The predicted octanol–water partition coefficient (Wildman–Crippen LogP) is 2.18. The average Bonchev–Trinajstić information content (AvgIpc) is 2.66. The molecule has 0 heterocycles. The molecule has 0 bridgehead atoms. The number of carboxylic acid groups (broad SMARTS) is 1. The first-order valence-electron chi connectivity index (χ1n) is 5.32. The fourth-order valence-corrected chi connectivity index (χ4v) is 1.98. The maximum Gasteiger partial charge on any atom is 0.307 e. The van der Waals surface area contributed by atoms with Crippen LogP contribution in [0.15, 0.2) is 11.8 Å². The van der Waals surface area contributed by atoms with Crippen molar-refractivity contribution in [2.24, 2.45) is 17.3 Å². The molecule has 16 heavy (non-hydrogen) atoms. The summed E-state index contributed by atoms with van der Waals surface area (Å²) in [5.74, 6) is -1.12. The Morgan fingerprint density at radius 3 is 2.44 bits per heavy atom. The van der Waals surface area contributed by atoms with Gasteiger partial charge in [0.2, 0.25) is 0 Å². The number of hydrogen-bond acceptors (Lipinski definition) is 3. The van der Waals surface area contributed by atoms with Crippen molar-refractivity contribution < 1.29 is 14.6 Å². The standard InChI is InChI=1S/C12H17NO3/c1-7(2)16-8(6-13)5-9-10(11(14)15)12(9,3)4/h5,7,9-10H,1-4H3,(H,14,15)/b8-5+/t9?,10-/m0/s1. The van der Waals surface area contributed by atoms with Gasteiger partial charge in [0.1, 0.15) is 6.07 Å². The van der Waals surface area contributed by atoms with Gasteiger partial charge < -0.3 is 9.84 Å². The molecule has 0 aromatic heterocycles. The van der Waals surface area contributed by atoms with E-state index in [0.29, 0.717) is 0 Å². The van der Waals surface area contributed by atoms with E-state index in [2.05, 4.69) is 0 Å². The van der Waals surface area contributed by atoms with Gasteiger partial charge in [-0.3, -0.25) is 4.79 Å². The molecule has 4 nitrogen and oxygen atoms in total. The first kappa shape index (κ1) is 12.6. The first-order valence-corrected chi connectivity index (χ1v) is 5.32. The smallest absolute Gasteiger partial charge is 0.307 e. The summed E-state index contributed by atoms with van der Waals surface area (Å²) in [6.45, 7) is 7.43. The number of aliphatic carboxylic acids is 1. The molecule has 1 rings (SSSR count). The van der Waals surface area contributed by atoms with Crippen LogP contribution >= 0.6 is 0 Å². The molecule has 0 spiro atoms. The van der Waals surface area contributed by atoms with Gasteiger partial charge in [0, 0.05) is 5.92 Å². The normalized spacial score (nSPS) is 27.4. The Kier molecular flexibility index (Phi) is 3.27. The third kappa shape index (κ3) is 2.35. The monoisotopic (exact) mass is 223 g/mol. The van der Waals surface area contributed by atoms with E-state index in [-0.39, 0.29) is 23.2 Å². The fraction of sp³-hybridized carbons (Fsp3) is 0.667. The second-order valence-electron chi connectivity index (χ2n) is 4.97. The van der Waals surface area contributed by atoms with Crippen LogP contribution in [0, 0.1) is 28.6 Å². The van der Waals surface area contributed by atoms with Crippen LogP contribution in [0.25, 0.3) is 0 Å². The van der Waals surface area contributed by atoms with Gasteiger partial charge in [0.15, 0.2) is 5.76 Å². The molecule has 88 valence electrons. The number of allylic oxidation sites excluding steroid dienone is 2. The van der Waals surface area contributed by atoms with Gasteiger partial charge >= 0.3 is 5.97 Å². The number of rotatable bonds is 4. The highest BCUT2D eigenvalue weighted by Crippen LogP contribution is 2.59. The summed E-state index contributed by atoms with van der Waals surface area (Å²) in [5, 5.41) is 17.8. The third-order valence-electron chi connectivity index (χ3n) is 2.98. The summed E-state index contributed by atoms with van der Waals surface area (Å²) < 4.78 is 5.28. The quantitative estimate of drug-likeness (QED) is 0.585. The van der Waals surface area contributed by atoms with E-state index in [1.807, 2.05) is 33.8 Å². The summed E-state index contributed by atoms with van der Waals surface area (Å²) >= 11 is 0. The summed E-state index contributed by atoms with van der Waals surface area (Å²) in [4.78, 5) is 10.9. The molecule has 0 amide bonds. The Balaban J connectivity index is 2.78. The van der Waals surface area contributed by atoms with Crippen molar-refractivity contribution >= 4 is 5.97 Å². The molecule has 0 aromatic rings. The highest BCUT2D eigenvalue weighted by molar-refractivity contribution is 5.76. The molecule has 0 radical (unpaired) electrons. The molecular formula is C12H17NO3. The molecular weight excluding hydrogens is 206 g/mol. The number of carbonyl (C=O) groups is 1. The van der Waals surface area contributed by atoms with Crippen LogP contribution in [0.1, 0.15) is 27.7 Å². The lowest BCUT2D eigenvalue weighted by Crippen LogP contribution is -2.03. The van der Waals surface area contributed by atoms with Crippen molar-refractivity contribution in [3.8, 4) is 6.07 Å². The molecule has 0 saturated heterocycles. The molecule has 2 atom stereocenters. The van der Waals surface area contributed by atoms with Crippen molar-refractivity contribution in [1.29, 1.82) is 5.26 Å². The molecule has 4 heteroatoms. The topological polar surface area (TPSA) is 70.3 Å². The largest absolute Gasteiger partial charge is 0.481 e. The lowest BCUT2D eigenvalue weighted by atomic mass is 10.1. The maximum atomic E-state index is 10.9. The number of nitriles is 1. The Bertz CT molecular complexity index is 363. The number of nitrogens with zero attached hydrogens (tertiary/aromatic N) is 1. The summed E-state index contributed by atoms with van der Waals surface area (Å²) in [7, 11) is 0. The van der Waals surface area contributed by atoms with E-state index in [9.17, 15) is 4.79 Å². The van der Waals surface area contributed by atoms with Crippen LogP contribution in [-0.4, -0.2) is 17.2 Å². The second-order valence-corrected chi connectivity index (χ2v) is 4.97. The zero-order valence-electron chi connectivity index (χ0n) is 10.0. The minimum absolute atomic E-state index is 0.0731. The Morgan fingerprint density at radius 2 is 2.12 bits per heavy atom. The number of carboxylic acids is 1. The van der Waals surface area contributed by atoms with Gasteiger partial charge in [-0.2, -0.15) is 5.26 Å². The number of hydrogen-bond donors (Lipinski definition) is 1. The summed E-state index contributed by atoms with van der Waals surface area (Å²) in [6, 6.07) is 1.95. The van der Waals surface area contributed by atoms with Crippen LogP contribution in [0.2, 0.25) is 0 Å². The van der Waals surface area contributed by atoms with E-state index >= 15 is 0 Å². The SMILES string of the molecule is CC(C)O/C(C#N)=C/C1[C@@H](C(=O)O)C1(C)C. The highest BCUT2D eigenvalue weighted by Gasteiger charge is 2.61. The van der Waals surface area contributed by atoms with Crippen molar-refractivity contribution in [1.82, 2.24) is 0 Å². The van der Waals surface area contributed by atoms with Crippen LogP contribution in [0.4, 0.5) is 0 Å². The fourth-order valence-electron chi connectivity index (χ4n) is 1.98.